The van der Waals surface area contributed by atoms with E-state index in [4.69, 9.17) is 9.84 Å². The highest BCUT2D eigenvalue weighted by atomic mass is 16.5. The Bertz CT molecular complexity index is 327. The van der Waals surface area contributed by atoms with Gasteiger partial charge in [-0.3, -0.25) is 0 Å². The standard InChI is InChI=1S/C13H22N2O4/c16-12(17)11-10-15(8-9-19-11)13(18)14-6-4-2-1-3-5-7-14/h11H,1-10H2,(H,16,17). The quantitative estimate of drug-likeness (QED) is 0.776. The molecule has 1 N–H and O–H groups in total. The van der Waals surface area contributed by atoms with Gasteiger partial charge in [-0.1, -0.05) is 19.3 Å². The van der Waals surface area contributed by atoms with E-state index in [1.807, 2.05) is 4.90 Å². The summed E-state index contributed by atoms with van der Waals surface area (Å²) < 4.78 is 5.14. The van der Waals surface area contributed by atoms with Gasteiger partial charge in [-0.2, -0.15) is 0 Å². The second-order valence-corrected chi connectivity index (χ2v) is 5.18. The second-order valence-electron chi connectivity index (χ2n) is 5.18. The molecule has 0 aromatic carbocycles. The summed E-state index contributed by atoms with van der Waals surface area (Å²) >= 11 is 0. The minimum Gasteiger partial charge on any atom is -0.479 e. The SMILES string of the molecule is O=C(O)C1CN(C(=O)N2CCCCCCC2)CCO1. The van der Waals surface area contributed by atoms with Crippen molar-refractivity contribution < 1.29 is 19.4 Å². The van der Waals surface area contributed by atoms with Crippen molar-refractivity contribution in [3.63, 3.8) is 0 Å². The summed E-state index contributed by atoms with van der Waals surface area (Å²) in [6.07, 6.45) is 4.79. The predicted molar refractivity (Wildman–Crippen MR) is 69.0 cm³/mol. The van der Waals surface area contributed by atoms with Crippen molar-refractivity contribution >= 4 is 12.0 Å². The smallest absolute Gasteiger partial charge is 0.334 e. The highest BCUT2D eigenvalue weighted by molar-refractivity contribution is 5.77. The molecular weight excluding hydrogens is 248 g/mol. The maximum absolute atomic E-state index is 12.4. The molecule has 2 aliphatic rings. The first-order valence-electron chi connectivity index (χ1n) is 7.07. The maximum atomic E-state index is 12.4. The van der Waals surface area contributed by atoms with Crippen molar-refractivity contribution in [3.8, 4) is 0 Å². The molecule has 2 saturated heterocycles. The first-order valence-corrected chi connectivity index (χ1v) is 7.07. The van der Waals surface area contributed by atoms with Crippen LogP contribution >= 0.6 is 0 Å². The van der Waals surface area contributed by atoms with Gasteiger partial charge in [-0.15, -0.1) is 0 Å². The molecule has 2 fully saturated rings. The van der Waals surface area contributed by atoms with Crippen LogP contribution in [0.4, 0.5) is 4.79 Å². The third kappa shape index (κ3) is 3.83. The maximum Gasteiger partial charge on any atom is 0.334 e. The monoisotopic (exact) mass is 270 g/mol. The zero-order chi connectivity index (χ0) is 13.7. The number of carboxylic acids is 1. The molecule has 0 bridgehead atoms. The lowest BCUT2D eigenvalue weighted by molar-refractivity contribution is -0.154. The van der Waals surface area contributed by atoms with Gasteiger partial charge in [-0.25, -0.2) is 9.59 Å². The molecule has 0 aliphatic carbocycles. The van der Waals surface area contributed by atoms with E-state index in [1.165, 1.54) is 19.3 Å². The second kappa shape index (κ2) is 6.75. The molecule has 2 amide bonds. The van der Waals surface area contributed by atoms with Crippen molar-refractivity contribution in [2.75, 3.05) is 32.8 Å². The lowest BCUT2D eigenvalue weighted by Crippen LogP contribution is -2.53. The van der Waals surface area contributed by atoms with Crippen molar-refractivity contribution in [1.29, 1.82) is 0 Å². The van der Waals surface area contributed by atoms with E-state index >= 15 is 0 Å². The highest BCUT2D eigenvalue weighted by Crippen LogP contribution is 2.14. The van der Waals surface area contributed by atoms with Crippen LogP contribution in [0.1, 0.15) is 32.1 Å². The molecule has 2 aliphatic heterocycles. The molecule has 2 heterocycles. The van der Waals surface area contributed by atoms with E-state index in [0.29, 0.717) is 13.2 Å². The van der Waals surface area contributed by atoms with Gasteiger partial charge in [-0.05, 0) is 12.8 Å². The molecule has 1 atom stereocenters. The van der Waals surface area contributed by atoms with Crippen LogP contribution in [0.25, 0.3) is 0 Å². The number of carboxylic acid groups (broad SMARTS) is 1. The number of aliphatic carboxylic acids is 1. The number of nitrogens with zero attached hydrogens (tertiary/aromatic N) is 2. The summed E-state index contributed by atoms with van der Waals surface area (Å²) in [5, 5.41) is 8.95. The summed E-state index contributed by atoms with van der Waals surface area (Å²) in [6.45, 7) is 2.52. The van der Waals surface area contributed by atoms with Crippen molar-refractivity contribution in [2.24, 2.45) is 0 Å². The van der Waals surface area contributed by atoms with Gasteiger partial charge in [0.05, 0.1) is 13.2 Å². The van der Waals surface area contributed by atoms with Crippen LogP contribution in [0, 0.1) is 0 Å². The highest BCUT2D eigenvalue weighted by Gasteiger charge is 2.31. The molecule has 6 nitrogen and oxygen atoms in total. The number of carbonyl (C=O) groups excluding carboxylic acids is 1. The Hall–Kier alpha value is -1.30. The lowest BCUT2D eigenvalue weighted by atomic mass is 10.1. The van der Waals surface area contributed by atoms with E-state index < -0.39 is 12.1 Å². The molecule has 6 heteroatoms. The summed E-state index contributed by atoms with van der Waals surface area (Å²) in [6, 6.07) is -0.0311. The van der Waals surface area contributed by atoms with Crippen LogP contribution < -0.4 is 0 Å². The van der Waals surface area contributed by atoms with Crippen LogP contribution in [0.3, 0.4) is 0 Å². The molecular formula is C13H22N2O4. The van der Waals surface area contributed by atoms with Gasteiger partial charge in [0.2, 0.25) is 0 Å². The minimum atomic E-state index is -0.995. The minimum absolute atomic E-state index is 0.0311. The Kier molecular flexibility index (Phi) is 5.01. The third-order valence-corrected chi connectivity index (χ3v) is 3.74. The van der Waals surface area contributed by atoms with E-state index in [2.05, 4.69) is 0 Å². The molecule has 108 valence electrons. The van der Waals surface area contributed by atoms with E-state index in [0.717, 1.165) is 25.9 Å². The number of rotatable bonds is 1. The Labute approximate surface area is 113 Å². The van der Waals surface area contributed by atoms with Crippen LogP contribution in [0.15, 0.2) is 0 Å². The zero-order valence-corrected chi connectivity index (χ0v) is 11.2. The van der Waals surface area contributed by atoms with Crippen LogP contribution in [-0.4, -0.2) is 65.8 Å². The van der Waals surface area contributed by atoms with Gasteiger partial charge >= 0.3 is 12.0 Å². The fourth-order valence-corrected chi connectivity index (χ4v) is 2.61. The number of morpholine rings is 1. The zero-order valence-electron chi connectivity index (χ0n) is 11.2. The fraction of sp³-hybridized carbons (Fsp3) is 0.846. The normalized spacial score (nSPS) is 25.6. The third-order valence-electron chi connectivity index (χ3n) is 3.74. The Morgan fingerprint density at radius 2 is 1.58 bits per heavy atom. The van der Waals surface area contributed by atoms with E-state index in [9.17, 15) is 9.59 Å². The number of amides is 2. The number of hydrogen-bond donors (Lipinski definition) is 1. The van der Waals surface area contributed by atoms with Crippen LogP contribution in [0.2, 0.25) is 0 Å². The molecule has 0 aromatic rings. The van der Waals surface area contributed by atoms with Gasteiger partial charge in [0.25, 0.3) is 0 Å². The first kappa shape index (κ1) is 14.1. The van der Waals surface area contributed by atoms with Gasteiger partial charge in [0.1, 0.15) is 0 Å². The fourth-order valence-electron chi connectivity index (χ4n) is 2.61. The molecule has 0 saturated carbocycles. The lowest BCUT2D eigenvalue weighted by Gasteiger charge is -2.35. The Morgan fingerprint density at radius 3 is 2.21 bits per heavy atom. The molecule has 0 aromatic heterocycles. The van der Waals surface area contributed by atoms with Gasteiger partial charge in [0.15, 0.2) is 6.10 Å². The van der Waals surface area contributed by atoms with Crippen molar-refractivity contribution in [2.45, 2.75) is 38.2 Å². The molecule has 1 unspecified atom stereocenters. The van der Waals surface area contributed by atoms with Crippen molar-refractivity contribution in [3.05, 3.63) is 0 Å². The summed E-state index contributed by atoms with van der Waals surface area (Å²) in [5.74, 6) is -0.995. The first-order chi connectivity index (χ1) is 9.18. The van der Waals surface area contributed by atoms with Crippen LogP contribution in [-0.2, 0) is 9.53 Å². The number of ether oxygens (including phenoxy) is 1. The van der Waals surface area contributed by atoms with E-state index in [1.54, 1.807) is 4.90 Å². The summed E-state index contributed by atoms with van der Waals surface area (Å²) in [7, 11) is 0. The van der Waals surface area contributed by atoms with E-state index in [-0.39, 0.29) is 12.6 Å². The predicted octanol–water partition coefficient (Wildman–Crippen LogP) is 1.16. The molecule has 0 spiro atoms. The van der Waals surface area contributed by atoms with Crippen LogP contribution in [0.5, 0.6) is 0 Å². The Morgan fingerprint density at radius 1 is 0.947 bits per heavy atom. The number of hydrogen-bond acceptors (Lipinski definition) is 3. The molecule has 19 heavy (non-hydrogen) atoms. The van der Waals surface area contributed by atoms with Gasteiger partial charge in [0, 0.05) is 19.6 Å². The molecule has 2 rings (SSSR count). The molecule has 0 radical (unpaired) electrons. The largest absolute Gasteiger partial charge is 0.479 e. The Balaban J connectivity index is 1.91. The topological polar surface area (TPSA) is 70.1 Å². The number of carbonyl (C=O) groups is 2. The number of urea groups is 1. The average Bonchev–Trinajstić information content (AvgIpc) is 2.38. The average molecular weight is 270 g/mol. The van der Waals surface area contributed by atoms with Gasteiger partial charge < -0.3 is 19.6 Å². The number of likely N-dealkylation sites (tertiary alicyclic amines) is 1. The van der Waals surface area contributed by atoms with Crippen molar-refractivity contribution in [1.82, 2.24) is 9.80 Å². The summed E-state index contributed by atoms with van der Waals surface area (Å²) in [4.78, 5) is 26.8. The summed E-state index contributed by atoms with van der Waals surface area (Å²) in [5.41, 5.74) is 0.